The summed E-state index contributed by atoms with van der Waals surface area (Å²) in [6.45, 7) is 4.62. The summed E-state index contributed by atoms with van der Waals surface area (Å²) in [7, 11) is 2.80. The molecule has 0 saturated carbocycles. The van der Waals surface area contributed by atoms with Crippen LogP contribution >= 0.6 is 11.6 Å². The van der Waals surface area contributed by atoms with Crippen LogP contribution in [0.1, 0.15) is 16.8 Å². The number of ether oxygens (including phenoxy) is 5. The number of rotatable bonds is 11. The van der Waals surface area contributed by atoms with Crippen LogP contribution in [0.25, 0.3) is 22.2 Å². The summed E-state index contributed by atoms with van der Waals surface area (Å²) in [5.74, 6) is -2.41. The van der Waals surface area contributed by atoms with Crippen molar-refractivity contribution in [2.75, 3.05) is 53.7 Å². The molecule has 0 unspecified atom stereocenters. The maximum Gasteiger partial charge on any atom is 0.254 e. The molecule has 0 bridgehead atoms. The number of nitrogens with two attached hydrogens (primary N) is 1. The summed E-state index contributed by atoms with van der Waals surface area (Å²) in [4.78, 5) is 22.8. The van der Waals surface area contributed by atoms with Crippen molar-refractivity contribution in [1.82, 2.24) is 14.9 Å². The Kier molecular flexibility index (Phi) is 9.39. The third-order valence-electron chi connectivity index (χ3n) is 6.93. The van der Waals surface area contributed by atoms with E-state index in [-0.39, 0.29) is 22.8 Å². The van der Waals surface area contributed by atoms with E-state index in [1.807, 2.05) is 0 Å². The van der Waals surface area contributed by atoms with Gasteiger partial charge < -0.3 is 29.4 Å². The smallest absolute Gasteiger partial charge is 0.254 e. The average molecular weight is 615 g/mol. The highest BCUT2D eigenvalue weighted by Gasteiger charge is 2.27. The van der Waals surface area contributed by atoms with Crippen LogP contribution in [0.3, 0.4) is 0 Å². The molecular weight excluding hydrogens is 586 g/mol. The molecule has 2 aromatic heterocycles. The number of halogens is 3. The molecular formula is C30H29ClF2N4O6. The first-order valence-corrected chi connectivity index (χ1v) is 13.8. The first-order valence-electron chi connectivity index (χ1n) is 13.4. The van der Waals surface area contributed by atoms with E-state index in [1.54, 1.807) is 12.1 Å². The quantitative estimate of drug-likeness (QED) is 0.179. The Morgan fingerprint density at radius 1 is 1.00 bits per heavy atom. The zero-order valence-corrected chi connectivity index (χ0v) is 24.2. The fourth-order valence-corrected chi connectivity index (χ4v) is 5.08. The van der Waals surface area contributed by atoms with Crippen molar-refractivity contribution in [2.45, 2.75) is 6.42 Å². The Labute approximate surface area is 251 Å². The molecule has 1 aliphatic rings. The summed E-state index contributed by atoms with van der Waals surface area (Å²) in [6, 6.07) is 7.03. The minimum atomic E-state index is -1.07. The fraction of sp³-hybridized carbons (Fsp3) is 0.300. The zero-order chi connectivity index (χ0) is 30.5. The summed E-state index contributed by atoms with van der Waals surface area (Å²) in [5, 5.41) is -0.188. The average Bonchev–Trinajstić information content (AvgIpc) is 3.01. The summed E-state index contributed by atoms with van der Waals surface area (Å²) in [5.41, 5.74) is 4.99. The lowest BCUT2D eigenvalue weighted by atomic mass is 10.0. The van der Waals surface area contributed by atoms with Crippen molar-refractivity contribution in [3.05, 3.63) is 64.9 Å². The second-order valence-corrected chi connectivity index (χ2v) is 9.93. The number of primary amides is 1. The molecule has 1 aliphatic heterocycles. The van der Waals surface area contributed by atoms with Gasteiger partial charge in [0.2, 0.25) is 0 Å². The number of hydrogen-bond acceptors (Lipinski definition) is 9. The number of nitrogens with zero attached hydrogens (tertiary/aromatic N) is 3. The van der Waals surface area contributed by atoms with E-state index >= 15 is 8.78 Å². The highest BCUT2D eigenvalue weighted by Crippen LogP contribution is 2.42. The first-order chi connectivity index (χ1) is 20.8. The van der Waals surface area contributed by atoms with Gasteiger partial charge in [0.15, 0.2) is 23.1 Å². The molecule has 2 N–H and O–H groups in total. The number of amides is 1. The monoisotopic (exact) mass is 614 g/mol. The SMILES string of the molecule is COc1cc2c(Oc3cc(F)c(-c4nccc(OC)c4C(N)=O)c(Cl)c3F)ccnc2cc1OCCCN1CCOCC1. The van der Waals surface area contributed by atoms with Crippen molar-refractivity contribution in [3.63, 3.8) is 0 Å². The predicted molar refractivity (Wildman–Crippen MR) is 155 cm³/mol. The lowest BCUT2D eigenvalue weighted by Crippen LogP contribution is -2.37. The third-order valence-corrected chi connectivity index (χ3v) is 7.28. The van der Waals surface area contributed by atoms with E-state index in [2.05, 4.69) is 14.9 Å². The van der Waals surface area contributed by atoms with Gasteiger partial charge in [-0.3, -0.25) is 19.7 Å². The second-order valence-electron chi connectivity index (χ2n) is 9.55. The van der Waals surface area contributed by atoms with Crippen molar-refractivity contribution in [2.24, 2.45) is 5.73 Å². The van der Waals surface area contributed by atoms with E-state index in [0.29, 0.717) is 29.0 Å². The van der Waals surface area contributed by atoms with Gasteiger partial charge in [-0.1, -0.05) is 11.6 Å². The maximum absolute atomic E-state index is 15.6. The molecule has 10 nitrogen and oxygen atoms in total. The van der Waals surface area contributed by atoms with Gasteiger partial charge in [0.1, 0.15) is 22.9 Å². The molecule has 0 spiro atoms. The topological polar surface area (TPSA) is 118 Å². The number of carbonyl (C=O) groups excluding carboxylic acids is 1. The third kappa shape index (κ3) is 6.41. The molecule has 5 rings (SSSR count). The van der Waals surface area contributed by atoms with Crippen LogP contribution in [-0.2, 0) is 4.74 Å². The number of morpholine rings is 1. The molecule has 0 aliphatic carbocycles. The zero-order valence-electron chi connectivity index (χ0n) is 23.5. The van der Waals surface area contributed by atoms with E-state index < -0.39 is 33.9 Å². The maximum atomic E-state index is 15.6. The van der Waals surface area contributed by atoms with Gasteiger partial charge in [-0.25, -0.2) is 8.78 Å². The summed E-state index contributed by atoms with van der Waals surface area (Å²) in [6.07, 6.45) is 3.54. The normalized spacial score (nSPS) is 13.6. The van der Waals surface area contributed by atoms with Crippen molar-refractivity contribution < 1.29 is 37.3 Å². The van der Waals surface area contributed by atoms with E-state index in [1.165, 1.54) is 38.7 Å². The van der Waals surface area contributed by atoms with Gasteiger partial charge in [0, 0.05) is 49.5 Å². The van der Waals surface area contributed by atoms with Gasteiger partial charge in [-0.05, 0) is 24.6 Å². The Hall–Kier alpha value is -4.26. The van der Waals surface area contributed by atoms with E-state index in [4.69, 9.17) is 41.0 Å². The summed E-state index contributed by atoms with van der Waals surface area (Å²) >= 11 is 6.29. The second kappa shape index (κ2) is 13.4. The Morgan fingerprint density at radius 2 is 1.72 bits per heavy atom. The molecule has 1 amide bonds. The minimum absolute atomic E-state index is 0.0337. The molecule has 1 fully saturated rings. The fourth-order valence-electron chi connectivity index (χ4n) is 4.81. The van der Waals surface area contributed by atoms with Gasteiger partial charge >= 0.3 is 0 Å². The number of pyridine rings is 2. The Balaban J connectivity index is 1.42. The van der Waals surface area contributed by atoms with Gasteiger partial charge in [-0.2, -0.15) is 0 Å². The van der Waals surface area contributed by atoms with E-state index in [0.717, 1.165) is 45.3 Å². The molecule has 2 aromatic carbocycles. The molecule has 3 heterocycles. The van der Waals surface area contributed by atoms with Crippen LogP contribution in [0, 0.1) is 11.6 Å². The lowest BCUT2D eigenvalue weighted by molar-refractivity contribution is 0.0357. The van der Waals surface area contributed by atoms with Gasteiger partial charge in [-0.15, -0.1) is 0 Å². The standard InChI is InChI=1S/C30H29ClF2N4O6/c1-39-21-5-7-36-29(26(21)30(34)38)25-18(32)15-24(28(33)27(25)31)43-20-4-6-35-19-16-23(22(40-2)14-17(19)20)42-11-3-8-37-9-12-41-13-10-37/h4-7,14-16H,3,8-13H2,1-2H3,(H2,34,38). The Morgan fingerprint density at radius 3 is 2.44 bits per heavy atom. The Bertz CT molecular complexity index is 1650. The van der Waals surface area contributed by atoms with Gasteiger partial charge in [0.25, 0.3) is 5.91 Å². The number of methoxy groups -OCH3 is 2. The van der Waals surface area contributed by atoms with Crippen molar-refractivity contribution >= 4 is 28.4 Å². The highest BCUT2D eigenvalue weighted by atomic mass is 35.5. The molecule has 0 radical (unpaired) electrons. The predicted octanol–water partition coefficient (Wildman–Crippen LogP) is 5.24. The molecule has 0 atom stereocenters. The van der Waals surface area contributed by atoms with E-state index in [9.17, 15) is 4.79 Å². The molecule has 4 aromatic rings. The lowest BCUT2D eigenvalue weighted by Gasteiger charge is -2.26. The highest BCUT2D eigenvalue weighted by molar-refractivity contribution is 6.34. The first kappa shape index (κ1) is 30.2. The van der Waals surface area contributed by atoms with Crippen LogP contribution in [0.4, 0.5) is 8.78 Å². The van der Waals surface area contributed by atoms with Crippen LogP contribution in [-0.4, -0.2) is 74.4 Å². The number of hydrogen-bond donors (Lipinski definition) is 1. The molecule has 43 heavy (non-hydrogen) atoms. The number of benzene rings is 2. The van der Waals surface area contributed by atoms with Gasteiger partial charge in [0.05, 0.1) is 55.8 Å². The van der Waals surface area contributed by atoms with Crippen LogP contribution in [0.2, 0.25) is 5.02 Å². The molecule has 1 saturated heterocycles. The van der Waals surface area contributed by atoms with Crippen LogP contribution < -0.4 is 24.7 Å². The molecule has 13 heteroatoms. The molecule has 226 valence electrons. The number of carbonyl (C=O) groups is 1. The number of aromatic nitrogens is 2. The largest absolute Gasteiger partial charge is 0.496 e. The van der Waals surface area contributed by atoms with Crippen molar-refractivity contribution in [3.8, 4) is 40.0 Å². The van der Waals surface area contributed by atoms with Crippen LogP contribution in [0.15, 0.2) is 42.7 Å². The number of fused-ring (bicyclic) bond motifs is 1. The summed E-state index contributed by atoms with van der Waals surface area (Å²) < 4.78 is 58.9. The minimum Gasteiger partial charge on any atom is -0.496 e. The van der Waals surface area contributed by atoms with Crippen LogP contribution in [0.5, 0.6) is 28.7 Å². The van der Waals surface area contributed by atoms with Crippen molar-refractivity contribution in [1.29, 1.82) is 0 Å².